The molecule has 0 saturated carbocycles. The van der Waals surface area contributed by atoms with Gasteiger partial charge in [0.05, 0.1) is 25.1 Å². The van der Waals surface area contributed by atoms with Crippen LogP contribution in [-0.4, -0.2) is 58.7 Å². The number of anilines is 1. The lowest BCUT2D eigenvalue weighted by Crippen LogP contribution is -2.36. The van der Waals surface area contributed by atoms with Crippen LogP contribution in [0.2, 0.25) is 0 Å². The summed E-state index contributed by atoms with van der Waals surface area (Å²) in [5.41, 5.74) is 4.84. The highest BCUT2D eigenvalue weighted by atomic mass is 16.5. The van der Waals surface area contributed by atoms with Crippen LogP contribution in [-0.2, 0) is 4.74 Å². The molecule has 3 aromatic heterocycles. The predicted octanol–water partition coefficient (Wildman–Crippen LogP) is 3.39. The standard InChI is InChI=1S/C25H26N6O2/c1-17(18-5-3-2-4-6-18)12-30-25(32)24-26-13-19(14-27-24)22-16-29-23-21(22)11-20(15-28-23)31-7-9-33-10-8-31/h2-6,11,13-17H,7-10,12H2,1H3,(H,28,29)(H,30,32)/t17-/m1/s1. The van der Waals surface area contributed by atoms with Crippen molar-refractivity contribution in [2.24, 2.45) is 0 Å². The third-order valence-corrected chi connectivity index (χ3v) is 6.00. The molecule has 0 aliphatic carbocycles. The van der Waals surface area contributed by atoms with Crippen molar-refractivity contribution in [3.8, 4) is 11.1 Å². The van der Waals surface area contributed by atoms with Gasteiger partial charge in [0.1, 0.15) is 5.65 Å². The molecule has 8 heteroatoms. The van der Waals surface area contributed by atoms with Gasteiger partial charge < -0.3 is 19.9 Å². The Morgan fingerprint density at radius 3 is 2.64 bits per heavy atom. The number of pyridine rings is 1. The Morgan fingerprint density at radius 1 is 1.12 bits per heavy atom. The molecule has 0 unspecified atom stereocenters. The Labute approximate surface area is 192 Å². The third-order valence-electron chi connectivity index (χ3n) is 6.00. The topological polar surface area (TPSA) is 96.0 Å². The molecule has 1 fully saturated rings. The van der Waals surface area contributed by atoms with Crippen LogP contribution in [0.15, 0.2) is 61.2 Å². The summed E-state index contributed by atoms with van der Waals surface area (Å²) in [6.07, 6.45) is 7.16. The molecular weight excluding hydrogens is 416 g/mol. The molecule has 0 spiro atoms. The molecule has 2 N–H and O–H groups in total. The number of H-pyrrole nitrogens is 1. The van der Waals surface area contributed by atoms with Gasteiger partial charge in [-0.15, -0.1) is 0 Å². The molecule has 8 nitrogen and oxygen atoms in total. The number of rotatable bonds is 6. The summed E-state index contributed by atoms with van der Waals surface area (Å²) in [4.78, 5) is 31.2. The molecule has 1 saturated heterocycles. The quantitative estimate of drug-likeness (QED) is 0.475. The fourth-order valence-corrected chi connectivity index (χ4v) is 4.03. The number of nitrogens with one attached hydrogen (secondary N) is 2. The second kappa shape index (κ2) is 9.38. The number of amides is 1. The Balaban J connectivity index is 1.30. The molecule has 1 aliphatic rings. The van der Waals surface area contributed by atoms with E-state index in [-0.39, 0.29) is 17.6 Å². The van der Waals surface area contributed by atoms with E-state index in [1.54, 1.807) is 12.4 Å². The van der Waals surface area contributed by atoms with E-state index in [0.717, 1.165) is 54.2 Å². The van der Waals surface area contributed by atoms with E-state index in [2.05, 4.69) is 55.3 Å². The molecule has 5 rings (SSSR count). The number of carbonyl (C=O) groups is 1. The summed E-state index contributed by atoms with van der Waals surface area (Å²) in [6, 6.07) is 12.2. The summed E-state index contributed by atoms with van der Waals surface area (Å²) in [6.45, 7) is 5.74. The third kappa shape index (κ3) is 4.56. The van der Waals surface area contributed by atoms with Crippen molar-refractivity contribution in [1.29, 1.82) is 0 Å². The van der Waals surface area contributed by atoms with Gasteiger partial charge in [-0.05, 0) is 17.5 Å². The van der Waals surface area contributed by atoms with E-state index in [4.69, 9.17) is 4.74 Å². The van der Waals surface area contributed by atoms with Crippen molar-refractivity contribution in [2.45, 2.75) is 12.8 Å². The van der Waals surface area contributed by atoms with Gasteiger partial charge in [-0.3, -0.25) is 4.79 Å². The van der Waals surface area contributed by atoms with Crippen LogP contribution in [0.4, 0.5) is 5.69 Å². The van der Waals surface area contributed by atoms with Crippen molar-refractivity contribution in [2.75, 3.05) is 37.7 Å². The number of morpholine rings is 1. The zero-order chi connectivity index (χ0) is 22.6. The zero-order valence-corrected chi connectivity index (χ0v) is 18.5. The highest BCUT2D eigenvalue weighted by Crippen LogP contribution is 2.30. The minimum atomic E-state index is -0.278. The van der Waals surface area contributed by atoms with Gasteiger partial charge >= 0.3 is 0 Å². The number of aromatic nitrogens is 4. The average Bonchev–Trinajstić information content (AvgIpc) is 3.31. The first-order valence-corrected chi connectivity index (χ1v) is 11.1. The number of carbonyl (C=O) groups excluding carboxylic acids is 1. The lowest BCUT2D eigenvalue weighted by atomic mass is 10.0. The van der Waals surface area contributed by atoms with Crippen molar-refractivity contribution < 1.29 is 9.53 Å². The summed E-state index contributed by atoms with van der Waals surface area (Å²) < 4.78 is 5.45. The van der Waals surface area contributed by atoms with Crippen LogP contribution in [0.3, 0.4) is 0 Å². The fourth-order valence-electron chi connectivity index (χ4n) is 4.03. The van der Waals surface area contributed by atoms with E-state index >= 15 is 0 Å². The van der Waals surface area contributed by atoms with Crippen LogP contribution < -0.4 is 10.2 Å². The molecule has 4 heterocycles. The van der Waals surface area contributed by atoms with E-state index in [9.17, 15) is 4.79 Å². The van der Waals surface area contributed by atoms with Crippen molar-refractivity contribution in [1.82, 2.24) is 25.3 Å². The molecule has 0 radical (unpaired) electrons. The number of ether oxygens (including phenoxy) is 1. The van der Waals surface area contributed by atoms with Gasteiger partial charge in [0.2, 0.25) is 5.82 Å². The molecular formula is C25H26N6O2. The fraction of sp³-hybridized carbons (Fsp3) is 0.280. The van der Waals surface area contributed by atoms with Crippen LogP contribution in [0, 0.1) is 0 Å². The van der Waals surface area contributed by atoms with Crippen LogP contribution in [0.25, 0.3) is 22.2 Å². The lowest BCUT2D eigenvalue weighted by Gasteiger charge is -2.28. The van der Waals surface area contributed by atoms with Gasteiger partial charge in [0, 0.05) is 54.7 Å². The number of aromatic amines is 1. The lowest BCUT2D eigenvalue weighted by molar-refractivity contribution is 0.0941. The normalized spacial score (nSPS) is 14.9. The first kappa shape index (κ1) is 21.1. The Hall–Kier alpha value is -3.78. The predicted molar refractivity (Wildman–Crippen MR) is 127 cm³/mol. The molecule has 0 bridgehead atoms. The Kier molecular flexibility index (Phi) is 5.99. The van der Waals surface area contributed by atoms with E-state index in [1.807, 2.05) is 30.6 Å². The van der Waals surface area contributed by atoms with Crippen molar-refractivity contribution >= 4 is 22.6 Å². The maximum atomic E-state index is 12.5. The minimum absolute atomic E-state index is 0.158. The van der Waals surface area contributed by atoms with Crippen LogP contribution >= 0.6 is 0 Å². The van der Waals surface area contributed by atoms with Gasteiger partial charge in [0.15, 0.2) is 0 Å². The molecule has 1 amide bonds. The SMILES string of the molecule is C[C@H](CNC(=O)c1ncc(-c2c[nH]c3ncc(N4CCOCC4)cc23)cn1)c1ccccc1. The van der Waals surface area contributed by atoms with Gasteiger partial charge in [-0.25, -0.2) is 15.0 Å². The number of nitrogens with zero attached hydrogens (tertiary/aromatic N) is 4. The van der Waals surface area contributed by atoms with Crippen molar-refractivity contribution in [3.63, 3.8) is 0 Å². The summed E-state index contributed by atoms with van der Waals surface area (Å²) in [5.74, 6) is 0.0827. The van der Waals surface area contributed by atoms with Crippen LogP contribution in [0.5, 0.6) is 0 Å². The Bertz CT molecular complexity index is 1230. The van der Waals surface area contributed by atoms with E-state index in [1.165, 1.54) is 5.56 Å². The summed E-state index contributed by atoms with van der Waals surface area (Å²) in [7, 11) is 0. The zero-order valence-electron chi connectivity index (χ0n) is 18.5. The summed E-state index contributed by atoms with van der Waals surface area (Å²) >= 11 is 0. The first-order valence-electron chi connectivity index (χ1n) is 11.1. The van der Waals surface area contributed by atoms with Crippen LogP contribution in [0.1, 0.15) is 29.0 Å². The van der Waals surface area contributed by atoms with E-state index < -0.39 is 0 Å². The number of hydrogen-bond acceptors (Lipinski definition) is 6. The minimum Gasteiger partial charge on any atom is -0.378 e. The van der Waals surface area contributed by atoms with Gasteiger partial charge in [0.25, 0.3) is 5.91 Å². The first-order chi connectivity index (χ1) is 16.2. The monoisotopic (exact) mass is 442 g/mol. The molecule has 1 aromatic carbocycles. The van der Waals surface area contributed by atoms with Crippen molar-refractivity contribution in [3.05, 3.63) is 72.6 Å². The average molecular weight is 443 g/mol. The van der Waals surface area contributed by atoms with Gasteiger partial charge in [-0.1, -0.05) is 37.3 Å². The molecule has 168 valence electrons. The van der Waals surface area contributed by atoms with Gasteiger partial charge in [-0.2, -0.15) is 0 Å². The Morgan fingerprint density at radius 2 is 1.88 bits per heavy atom. The molecule has 4 aromatic rings. The maximum absolute atomic E-state index is 12.5. The summed E-state index contributed by atoms with van der Waals surface area (Å²) in [5, 5.41) is 3.93. The number of benzene rings is 1. The molecule has 1 aliphatic heterocycles. The van der Waals surface area contributed by atoms with E-state index in [0.29, 0.717) is 6.54 Å². The smallest absolute Gasteiger partial charge is 0.289 e. The largest absolute Gasteiger partial charge is 0.378 e. The molecule has 1 atom stereocenters. The second-order valence-corrected chi connectivity index (χ2v) is 8.21. The highest BCUT2D eigenvalue weighted by Gasteiger charge is 2.16. The second-order valence-electron chi connectivity index (χ2n) is 8.21. The molecule has 33 heavy (non-hydrogen) atoms. The number of fused-ring (bicyclic) bond motifs is 1. The highest BCUT2D eigenvalue weighted by molar-refractivity contribution is 5.95. The maximum Gasteiger partial charge on any atom is 0.289 e. The number of hydrogen-bond donors (Lipinski definition) is 2.